The van der Waals surface area contributed by atoms with Crippen molar-refractivity contribution in [3.63, 3.8) is 0 Å². The quantitative estimate of drug-likeness (QED) is 0.919. The molecular weight excluding hydrogens is 301 g/mol. The van der Waals surface area contributed by atoms with Crippen LogP contribution < -0.4 is 0 Å². The number of halogens is 2. The summed E-state index contributed by atoms with van der Waals surface area (Å²) in [6, 6.07) is 5.27. The number of aromatic nitrogens is 3. The minimum atomic E-state index is -1.06. The number of aromatic carboxylic acids is 1. The van der Waals surface area contributed by atoms with Crippen LogP contribution in [0.25, 0.3) is 0 Å². The molecule has 0 aliphatic heterocycles. The average Bonchev–Trinajstić information content (AvgIpc) is 2.78. The van der Waals surface area contributed by atoms with Gasteiger partial charge in [-0.3, -0.25) is 0 Å². The van der Waals surface area contributed by atoms with Crippen molar-refractivity contribution in [1.29, 1.82) is 0 Å². The third kappa shape index (κ3) is 3.11. The lowest BCUT2D eigenvalue weighted by Gasteiger charge is -2.07. The Morgan fingerprint density at radius 3 is 2.70 bits per heavy atom. The Labute approximate surface area is 126 Å². The third-order valence-electron chi connectivity index (χ3n) is 2.84. The predicted octanol–water partition coefficient (Wildman–Crippen LogP) is 3.28. The van der Waals surface area contributed by atoms with Crippen LogP contribution in [-0.4, -0.2) is 26.1 Å². The second kappa shape index (κ2) is 6.24. The van der Waals surface area contributed by atoms with Crippen LogP contribution in [0.2, 0.25) is 10.0 Å². The lowest BCUT2D eigenvalue weighted by Crippen LogP contribution is -2.09. The molecule has 0 amide bonds. The van der Waals surface area contributed by atoms with E-state index in [1.807, 2.05) is 13.0 Å². The molecule has 0 bridgehead atoms. The second-order valence-corrected chi connectivity index (χ2v) is 5.16. The molecule has 0 radical (unpaired) electrons. The number of rotatable bonds is 5. The van der Waals surface area contributed by atoms with Crippen molar-refractivity contribution in [2.75, 3.05) is 0 Å². The molecule has 0 aliphatic rings. The number of carboxylic acids is 1. The molecule has 5 nitrogen and oxygen atoms in total. The van der Waals surface area contributed by atoms with Gasteiger partial charge in [0.2, 0.25) is 0 Å². The smallest absolute Gasteiger partial charge is 0.358 e. The molecule has 1 aromatic carbocycles. The molecule has 0 saturated heterocycles. The average molecular weight is 314 g/mol. The molecule has 0 spiro atoms. The Morgan fingerprint density at radius 2 is 2.10 bits per heavy atom. The molecule has 0 fully saturated rings. The first kappa shape index (κ1) is 14.8. The van der Waals surface area contributed by atoms with E-state index in [9.17, 15) is 4.79 Å². The molecule has 0 atom stereocenters. The molecule has 1 aromatic heterocycles. The van der Waals surface area contributed by atoms with Crippen LogP contribution in [-0.2, 0) is 13.0 Å². The first-order valence-electron chi connectivity index (χ1n) is 6.12. The topological polar surface area (TPSA) is 68.0 Å². The van der Waals surface area contributed by atoms with Gasteiger partial charge in [-0.1, -0.05) is 47.8 Å². The standard InChI is InChI=1S/C13H13Cl2N3O2/c1-2-3-11-12(13(19)20)16-17-18(11)7-8-4-5-9(14)10(15)6-8/h4-6H,2-3,7H2,1H3,(H,19,20). The van der Waals surface area contributed by atoms with Gasteiger partial charge in [-0.15, -0.1) is 5.10 Å². The third-order valence-corrected chi connectivity index (χ3v) is 3.58. The van der Waals surface area contributed by atoms with Crippen LogP contribution in [0.5, 0.6) is 0 Å². The van der Waals surface area contributed by atoms with Gasteiger partial charge in [-0.25, -0.2) is 9.48 Å². The van der Waals surface area contributed by atoms with Crippen LogP contribution in [0.15, 0.2) is 18.2 Å². The number of carbonyl (C=O) groups is 1. The fourth-order valence-corrected chi connectivity index (χ4v) is 2.24. The second-order valence-electron chi connectivity index (χ2n) is 4.35. The van der Waals surface area contributed by atoms with Crippen molar-refractivity contribution in [3.8, 4) is 0 Å². The van der Waals surface area contributed by atoms with Crippen molar-refractivity contribution in [3.05, 3.63) is 45.2 Å². The molecule has 2 aromatic rings. The van der Waals surface area contributed by atoms with E-state index in [4.69, 9.17) is 28.3 Å². The normalized spacial score (nSPS) is 10.8. The molecular formula is C13H13Cl2N3O2. The number of carboxylic acid groups (broad SMARTS) is 1. The maximum Gasteiger partial charge on any atom is 0.358 e. The summed E-state index contributed by atoms with van der Waals surface area (Å²) < 4.78 is 1.59. The number of nitrogens with zero attached hydrogens (tertiary/aromatic N) is 3. The molecule has 1 N–H and O–H groups in total. The van der Waals surface area contributed by atoms with Crippen molar-refractivity contribution >= 4 is 29.2 Å². The van der Waals surface area contributed by atoms with E-state index in [0.29, 0.717) is 28.7 Å². The predicted molar refractivity (Wildman–Crippen MR) is 76.5 cm³/mol. The first-order valence-corrected chi connectivity index (χ1v) is 6.88. The molecule has 0 saturated carbocycles. The Bertz CT molecular complexity index is 641. The van der Waals surface area contributed by atoms with Crippen LogP contribution in [0.3, 0.4) is 0 Å². The highest BCUT2D eigenvalue weighted by atomic mass is 35.5. The summed E-state index contributed by atoms with van der Waals surface area (Å²) >= 11 is 11.8. The number of hydrogen-bond acceptors (Lipinski definition) is 3. The highest BCUT2D eigenvalue weighted by Crippen LogP contribution is 2.23. The number of benzene rings is 1. The lowest BCUT2D eigenvalue weighted by atomic mass is 10.2. The molecule has 7 heteroatoms. The van der Waals surface area contributed by atoms with E-state index in [2.05, 4.69) is 10.3 Å². The highest BCUT2D eigenvalue weighted by molar-refractivity contribution is 6.42. The summed E-state index contributed by atoms with van der Waals surface area (Å²) in [5, 5.41) is 17.7. The van der Waals surface area contributed by atoms with E-state index in [1.54, 1.807) is 16.8 Å². The van der Waals surface area contributed by atoms with Gasteiger partial charge in [-0.2, -0.15) is 0 Å². The molecule has 0 unspecified atom stereocenters. The van der Waals surface area contributed by atoms with E-state index in [0.717, 1.165) is 12.0 Å². The van der Waals surface area contributed by atoms with Gasteiger partial charge >= 0.3 is 5.97 Å². The maximum absolute atomic E-state index is 11.1. The maximum atomic E-state index is 11.1. The molecule has 106 valence electrons. The fraction of sp³-hybridized carbons (Fsp3) is 0.308. The zero-order valence-corrected chi connectivity index (χ0v) is 12.3. The summed E-state index contributed by atoms with van der Waals surface area (Å²) in [6.45, 7) is 2.38. The first-order chi connectivity index (χ1) is 9.52. The number of hydrogen-bond donors (Lipinski definition) is 1. The van der Waals surface area contributed by atoms with Crippen molar-refractivity contribution < 1.29 is 9.90 Å². The van der Waals surface area contributed by atoms with Crippen LogP contribution in [0.4, 0.5) is 0 Å². The van der Waals surface area contributed by atoms with E-state index < -0.39 is 5.97 Å². The fourth-order valence-electron chi connectivity index (χ4n) is 1.92. The molecule has 2 rings (SSSR count). The van der Waals surface area contributed by atoms with Crippen LogP contribution >= 0.6 is 23.2 Å². The molecule has 0 aliphatic carbocycles. The van der Waals surface area contributed by atoms with E-state index in [-0.39, 0.29) is 5.69 Å². The van der Waals surface area contributed by atoms with Crippen molar-refractivity contribution in [1.82, 2.24) is 15.0 Å². The van der Waals surface area contributed by atoms with E-state index in [1.165, 1.54) is 0 Å². The zero-order chi connectivity index (χ0) is 14.7. The summed E-state index contributed by atoms with van der Waals surface area (Å²) in [6.07, 6.45) is 1.42. The largest absolute Gasteiger partial charge is 0.476 e. The summed E-state index contributed by atoms with van der Waals surface area (Å²) in [4.78, 5) is 11.1. The summed E-state index contributed by atoms with van der Waals surface area (Å²) in [5.41, 5.74) is 1.51. The molecule has 1 heterocycles. The lowest BCUT2D eigenvalue weighted by molar-refractivity contribution is 0.0689. The van der Waals surface area contributed by atoms with E-state index >= 15 is 0 Å². The van der Waals surface area contributed by atoms with Crippen LogP contribution in [0.1, 0.15) is 35.1 Å². The van der Waals surface area contributed by atoms with Gasteiger partial charge in [0, 0.05) is 0 Å². The Morgan fingerprint density at radius 1 is 1.35 bits per heavy atom. The van der Waals surface area contributed by atoms with Crippen molar-refractivity contribution in [2.24, 2.45) is 0 Å². The zero-order valence-electron chi connectivity index (χ0n) is 10.8. The summed E-state index contributed by atoms with van der Waals surface area (Å²) in [5.74, 6) is -1.06. The highest BCUT2D eigenvalue weighted by Gasteiger charge is 2.18. The minimum Gasteiger partial charge on any atom is -0.476 e. The minimum absolute atomic E-state index is 0.00640. The van der Waals surface area contributed by atoms with Gasteiger partial charge < -0.3 is 5.11 Å². The molecule has 20 heavy (non-hydrogen) atoms. The Balaban J connectivity index is 2.32. The van der Waals surface area contributed by atoms with Gasteiger partial charge in [0.25, 0.3) is 0 Å². The van der Waals surface area contributed by atoms with Gasteiger partial charge in [0.05, 0.1) is 22.3 Å². The Hall–Kier alpha value is -1.59. The van der Waals surface area contributed by atoms with Crippen LogP contribution in [0, 0.1) is 0 Å². The summed E-state index contributed by atoms with van der Waals surface area (Å²) in [7, 11) is 0. The van der Waals surface area contributed by atoms with Gasteiger partial charge in [0.1, 0.15) is 0 Å². The Kier molecular flexibility index (Phi) is 4.62. The monoisotopic (exact) mass is 313 g/mol. The SMILES string of the molecule is CCCc1c(C(=O)O)nnn1Cc1ccc(Cl)c(Cl)c1. The van der Waals surface area contributed by atoms with Crippen molar-refractivity contribution in [2.45, 2.75) is 26.3 Å². The van der Waals surface area contributed by atoms with Gasteiger partial charge in [0.15, 0.2) is 5.69 Å². The van der Waals surface area contributed by atoms with Gasteiger partial charge in [-0.05, 0) is 24.1 Å².